The summed E-state index contributed by atoms with van der Waals surface area (Å²) in [7, 11) is 0. The minimum atomic E-state index is 0.716. The van der Waals surface area contributed by atoms with Gasteiger partial charge in [0.2, 0.25) is 0 Å². The fourth-order valence-corrected chi connectivity index (χ4v) is 1.62. The van der Waals surface area contributed by atoms with Crippen LogP contribution in [0.3, 0.4) is 0 Å². The molecule has 64 valence electrons. The normalized spacial score (nSPS) is 9.92. The quantitative estimate of drug-likeness (QED) is 0.627. The third-order valence-corrected chi connectivity index (χ3v) is 2.40. The van der Waals surface area contributed by atoms with Gasteiger partial charge >= 0.3 is 0 Å². The minimum Gasteiger partial charge on any atom is -0.345 e. The zero-order chi connectivity index (χ0) is 9.26. The first kappa shape index (κ1) is 8.56. The number of aromatic nitrogens is 2. The number of isothiocyanates is 1. The molecule has 1 N–H and O–H groups in total. The van der Waals surface area contributed by atoms with Gasteiger partial charge in [0.1, 0.15) is 11.2 Å². The first-order valence-corrected chi connectivity index (χ1v) is 4.72. The standard InChI is InChI=1S/C8H4BrN3S/c9-5-1-2-6-8(11-3-10-6)7(5)12-4-13/h1-3H,(H,10,11). The van der Waals surface area contributed by atoms with E-state index >= 15 is 0 Å². The lowest BCUT2D eigenvalue weighted by Gasteiger charge is -1.96. The zero-order valence-corrected chi connectivity index (χ0v) is 8.82. The van der Waals surface area contributed by atoms with E-state index in [4.69, 9.17) is 0 Å². The molecular formula is C8H4BrN3S. The molecule has 0 saturated carbocycles. The van der Waals surface area contributed by atoms with E-state index in [2.05, 4.69) is 48.3 Å². The van der Waals surface area contributed by atoms with E-state index in [9.17, 15) is 0 Å². The number of rotatable bonds is 1. The minimum absolute atomic E-state index is 0.716. The van der Waals surface area contributed by atoms with Crippen molar-refractivity contribution in [3.63, 3.8) is 0 Å². The lowest BCUT2D eigenvalue weighted by Crippen LogP contribution is -1.73. The summed E-state index contributed by atoms with van der Waals surface area (Å²) in [6.45, 7) is 0. The van der Waals surface area contributed by atoms with Crippen LogP contribution in [-0.2, 0) is 0 Å². The number of thiocarbonyl (C=S) groups is 1. The monoisotopic (exact) mass is 253 g/mol. The molecule has 0 aliphatic carbocycles. The summed E-state index contributed by atoms with van der Waals surface area (Å²) >= 11 is 7.92. The van der Waals surface area contributed by atoms with Crippen molar-refractivity contribution >= 4 is 50.0 Å². The van der Waals surface area contributed by atoms with E-state index in [0.29, 0.717) is 5.69 Å². The number of imidazole rings is 1. The van der Waals surface area contributed by atoms with Gasteiger partial charge in [0.25, 0.3) is 0 Å². The maximum Gasteiger partial charge on any atom is 0.116 e. The number of H-pyrrole nitrogens is 1. The molecule has 0 aliphatic heterocycles. The molecule has 0 atom stereocenters. The van der Waals surface area contributed by atoms with E-state index in [1.807, 2.05) is 12.1 Å². The van der Waals surface area contributed by atoms with Crippen LogP contribution in [0.5, 0.6) is 0 Å². The van der Waals surface area contributed by atoms with Crippen molar-refractivity contribution in [2.45, 2.75) is 0 Å². The molecule has 1 heterocycles. The topological polar surface area (TPSA) is 41.0 Å². The van der Waals surface area contributed by atoms with Gasteiger partial charge in [-0.05, 0) is 40.3 Å². The number of hydrogen-bond donors (Lipinski definition) is 1. The predicted octanol–water partition coefficient (Wildman–Crippen LogP) is 3.06. The van der Waals surface area contributed by atoms with Crippen molar-refractivity contribution in [2.75, 3.05) is 0 Å². The van der Waals surface area contributed by atoms with Crippen LogP contribution in [-0.4, -0.2) is 15.1 Å². The van der Waals surface area contributed by atoms with Crippen LogP contribution in [0.2, 0.25) is 0 Å². The SMILES string of the molecule is S=C=Nc1c(Br)ccc2[nH]cnc12. The first-order valence-electron chi connectivity index (χ1n) is 3.52. The second kappa shape index (κ2) is 3.38. The van der Waals surface area contributed by atoms with E-state index in [-0.39, 0.29) is 0 Å². The van der Waals surface area contributed by atoms with Gasteiger partial charge in [-0.1, -0.05) is 0 Å². The Balaban J connectivity index is 2.87. The summed E-state index contributed by atoms with van der Waals surface area (Å²) in [5.41, 5.74) is 2.45. The molecule has 0 aliphatic rings. The molecule has 3 nitrogen and oxygen atoms in total. The van der Waals surface area contributed by atoms with E-state index in [1.165, 1.54) is 0 Å². The summed E-state index contributed by atoms with van der Waals surface area (Å²) in [6, 6.07) is 3.82. The summed E-state index contributed by atoms with van der Waals surface area (Å²) in [5, 5.41) is 2.33. The van der Waals surface area contributed by atoms with Crippen LogP contribution in [0.25, 0.3) is 11.0 Å². The molecule has 0 fully saturated rings. The average Bonchev–Trinajstić information content (AvgIpc) is 2.58. The number of fused-ring (bicyclic) bond motifs is 1. The highest BCUT2D eigenvalue weighted by molar-refractivity contribution is 9.10. The molecule has 13 heavy (non-hydrogen) atoms. The molecule has 0 amide bonds. The van der Waals surface area contributed by atoms with Gasteiger partial charge < -0.3 is 4.98 Å². The molecule has 2 aromatic rings. The summed E-state index contributed by atoms with van der Waals surface area (Å²) in [4.78, 5) is 11.1. The average molecular weight is 254 g/mol. The lowest BCUT2D eigenvalue weighted by atomic mass is 10.3. The van der Waals surface area contributed by atoms with Gasteiger partial charge in [-0.15, -0.1) is 0 Å². The van der Waals surface area contributed by atoms with Crippen LogP contribution in [0, 0.1) is 0 Å². The Bertz CT molecular complexity index is 499. The maximum absolute atomic E-state index is 4.56. The van der Waals surface area contributed by atoms with Crippen LogP contribution in [0.15, 0.2) is 27.9 Å². The smallest absolute Gasteiger partial charge is 0.116 e. The van der Waals surface area contributed by atoms with Crippen LogP contribution >= 0.6 is 28.1 Å². The Morgan fingerprint density at radius 1 is 1.54 bits per heavy atom. The number of halogens is 1. The lowest BCUT2D eigenvalue weighted by molar-refractivity contribution is 1.34. The second-order valence-corrected chi connectivity index (χ2v) is 3.43. The molecule has 2 rings (SSSR count). The fourth-order valence-electron chi connectivity index (χ4n) is 1.12. The van der Waals surface area contributed by atoms with E-state index in [0.717, 1.165) is 15.5 Å². The number of aromatic amines is 1. The first-order chi connectivity index (χ1) is 6.33. The molecule has 0 unspecified atom stereocenters. The van der Waals surface area contributed by atoms with Crippen molar-refractivity contribution in [2.24, 2.45) is 4.99 Å². The van der Waals surface area contributed by atoms with Crippen molar-refractivity contribution in [1.82, 2.24) is 9.97 Å². The van der Waals surface area contributed by atoms with Crippen molar-refractivity contribution < 1.29 is 0 Å². The van der Waals surface area contributed by atoms with Gasteiger partial charge in [-0.3, -0.25) is 0 Å². The largest absolute Gasteiger partial charge is 0.345 e. The summed E-state index contributed by atoms with van der Waals surface area (Å²) < 4.78 is 0.865. The number of nitrogens with zero attached hydrogens (tertiary/aromatic N) is 2. The molecule has 5 heteroatoms. The Morgan fingerprint density at radius 3 is 3.15 bits per heavy atom. The molecule has 0 bridgehead atoms. The Kier molecular flexibility index (Phi) is 2.22. The number of benzene rings is 1. The third-order valence-electron chi connectivity index (χ3n) is 1.67. The Morgan fingerprint density at radius 2 is 2.38 bits per heavy atom. The van der Waals surface area contributed by atoms with Gasteiger partial charge in [0, 0.05) is 4.47 Å². The fraction of sp³-hybridized carbons (Fsp3) is 0. The van der Waals surface area contributed by atoms with Gasteiger partial charge in [0.15, 0.2) is 0 Å². The molecule has 0 saturated heterocycles. The maximum atomic E-state index is 4.56. The Hall–Kier alpha value is -1.03. The molecule has 0 spiro atoms. The van der Waals surface area contributed by atoms with Crippen molar-refractivity contribution in [3.8, 4) is 0 Å². The highest BCUT2D eigenvalue weighted by Crippen LogP contribution is 2.31. The highest BCUT2D eigenvalue weighted by atomic mass is 79.9. The van der Waals surface area contributed by atoms with Crippen LogP contribution in [0.1, 0.15) is 0 Å². The molecule has 1 aromatic carbocycles. The predicted molar refractivity (Wildman–Crippen MR) is 58.5 cm³/mol. The molecule has 1 aromatic heterocycles. The van der Waals surface area contributed by atoms with Crippen LogP contribution in [0.4, 0.5) is 5.69 Å². The number of aliphatic imine (C=N–C) groups is 1. The third kappa shape index (κ3) is 1.42. The summed E-state index contributed by atoms with van der Waals surface area (Å²) in [5.74, 6) is 0. The molecular weight excluding hydrogens is 250 g/mol. The molecule has 0 radical (unpaired) electrons. The van der Waals surface area contributed by atoms with Gasteiger partial charge in [-0.25, -0.2) is 4.98 Å². The van der Waals surface area contributed by atoms with Crippen molar-refractivity contribution in [1.29, 1.82) is 0 Å². The van der Waals surface area contributed by atoms with E-state index in [1.54, 1.807) is 6.33 Å². The van der Waals surface area contributed by atoms with Crippen LogP contribution < -0.4 is 0 Å². The van der Waals surface area contributed by atoms with Crippen molar-refractivity contribution in [3.05, 3.63) is 22.9 Å². The Labute approximate surface area is 88.0 Å². The number of nitrogens with one attached hydrogen (secondary N) is 1. The van der Waals surface area contributed by atoms with Gasteiger partial charge in [-0.2, -0.15) is 4.99 Å². The highest BCUT2D eigenvalue weighted by Gasteiger charge is 2.05. The zero-order valence-electron chi connectivity index (χ0n) is 6.41. The number of hydrogen-bond acceptors (Lipinski definition) is 3. The second-order valence-electron chi connectivity index (χ2n) is 2.40. The van der Waals surface area contributed by atoms with E-state index < -0.39 is 0 Å². The summed E-state index contributed by atoms with van der Waals surface area (Å²) in [6.07, 6.45) is 1.62. The van der Waals surface area contributed by atoms with Gasteiger partial charge in [0.05, 0.1) is 17.0 Å².